The van der Waals surface area contributed by atoms with Gasteiger partial charge in [0.25, 0.3) is 0 Å². The van der Waals surface area contributed by atoms with Gasteiger partial charge in [-0.1, -0.05) is 0 Å². The number of methoxy groups -OCH3 is 1. The van der Waals surface area contributed by atoms with Crippen LogP contribution >= 0.6 is 11.3 Å². The fourth-order valence-electron chi connectivity index (χ4n) is 2.48. The molecule has 120 valence electrons. The van der Waals surface area contributed by atoms with Crippen molar-refractivity contribution in [3.63, 3.8) is 0 Å². The number of benzene rings is 2. The maximum Gasteiger partial charge on any atom is 0.167 e. The smallest absolute Gasteiger partial charge is 0.167 e. The van der Waals surface area contributed by atoms with E-state index in [4.69, 9.17) is 4.74 Å². The van der Waals surface area contributed by atoms with E-state index in [0.29, 0.717) is 16.2 Å². The average Bonchev–Trinajstić information content (AvgIpc) is 3.20. The highest BCUT2D eigenvalue weighted by Crippen LogP contribution is 2.37. The third-order valence-electron chi connectivity index (χ3n) is 3.65. The summed E-state index contributed by atoms with van der Waals surface area (Å²) in [6, 6.07) is 9.06. The van der Waals surface area contributed by atoms with Crippen LogP contribution in [0, 0.1) is 11.6 Å². The van der Waals surface area contributed by atoms with Crippen LogP contribution in [0.15, 0.2) is 42.6 Å². The molecule has 2 aromatic carbocycles. The van der Waals surface area contributed by atoms with Crippen molar-refractivity contribution in [2.45, 2.75) is 0 Å². The number of ether oxygens (including phenoxy) is 1. The van der Waals surface area contributed by atoms with E-state index in [1.54, 1.807) is 24.4 Å². The van der Waals surface area contributed by atoms with Crippen molar-refractivity contribution in [2.75, 3.05) is 7.11 Å². The molecule has 0 fully saturated rings. The molecule has 2 heterocycles. The van der Waals surface area contributed by atoms with Crippen molar-refractivity contribution in [2.24, 2.45) is 0 Å². The molecule has 1 N–H and O–H groups in total. The van der Waals surface area contributed by atoms with Gasteiger partial charge in [-0.2, -0.15) is 5.10 Å². The molecule has 0 bridgehead atoms. The van der Waals surface area contributed by atoms with Gasteiger partial charge in [0, 0.05) is 23.9 Å². The number of aromatic nitrogens is 3. The molecular formula is C17H11F2N3OS. The molecule has 0 saturated carbocycles. The maximum absolute atomic E-state index is 13.8. The number of hydrogen-bond donors (Lipinski definition) is 1. The van der Waals surface area contributed by atoms with Crippen molar-refractivity contribution in [3.05, 3.63) is 54.2 Å². The fourth-order valence-corrected chi connectivity index (χ4v) is 3.48. The number of nitrogens with zero attached hydrogens (tertiary/aromatic N) is 2. The van der Waals surface area contributed by atoms with Crippen LogP contribution in [0.2, 0.25) is 0 Å². The lowest BCUT2D eigenvalue weighted by Crippen LogP contribution is -1.86. The Morgan fingerprint density at radius 1 is 1.12 bits per heavy atom. The lowest BCUT2D eigenvalue weighted by Gasteiger charge is -1.99. The Balaban J connectivity index is 1.84. The summed E-state index contributed by atoms with van der Waals surface area (Å²) in [7, 11) is 1.43. The molecule has 0 aliphatic heterocycles. The predicted octanol–water partition coefficient (Wildman–Crippen LogP) is 4.64. The predicted molar refractivity (Wildman–Crippen MR) is 89.1 cm³/mol. The molecule has 0 spiro atoms. The first-order valence-corrected chi connectivity index (χ1v) is 7.91. The van der Waals surface area contributed by atoms with Crippen LogP contribution in [0.25, 0.3) is 32.0 Å². The first kappa shape index (κ1) is 14.8. The van der Waals surface area contributed by atoms with Gasteiger partial charge in [-0.3, -0.25) is 5.10 Å². The van der Waals surface area contributed by atoms with Crippen LogP contribution in [0.3, 0.4) is 0 Å². The number of nitrogens with one attached hydrogen (secondary N) is 1. The highest BCUT2D eigenvalue weighted by Gasteiger charge is 2.16. The van der Waals surface area contributed by atoms with Crippen LogP contribution < -0.4 is 4.74 Å². The van der Waals surface area contributed by atoms with E-state index < -0.39 is 5.82 Å². The summed E-state index contributed by atoms with van der Waals surface area (Å²) in [6.07, 6.45) is 1.73. The number of hydrogen-bond acceptors (Lipinski definition) is 4. The van der Waals surface area contributed by atoms with E-state index in [2.05, 4.69) is 15.2 Å². The minimum Gasteiger partial charge on any atom is -0.494 e. The Labute approximate surface area is 139 Å². The first-order chi connectivity index (χ1) is 11.7. The summed E-state index contributed by atoms with van der Waals surface area (Å²) in [5.74, 6) is -0.574. The number of fused-ring (bicyclic) bond motifs is 1. The lowest BCUT2D eigenvalue weighted by molar-refractivity contribution is 0.387. The number of thiazole rings is 1. The van der Waals surface area contributed by atoms with Gasteiger partial charge in [-0.25, -0.2) is 13.8 Å². The Morgan fingerprint density at radius 3 is 2.67 bits per heavy atom. The van der Waals surface area contributed by atoms with E-state index in [-0.39, 0.29) is 11.6 Å². The van der Waals surface area contributed by atoms with E-state index in [1.165, 1.54) is 36.6 Å². The normalized spacial score (nSPS) is 11.1. The van der Waals surface area contributed by atoms with E-state index in [1.807, 2.05) is 0 Å². The Kier molecular flexibility index (Phi) is 3.50. The van der Waals surface area contributed by atoms with Gasteiger partial charge in [0.05, 0.1) is 22.9 Å². The summed E-state index contributed by atoms with van der Waals surface area (Å²) in [4.78, 5) is 4.48. The molecule has 0 aliphatic rings. The third-order valence-corrected chi connectivity index (χ3v) is 4.70. The van der Waals surface area contributed by atoms with Crippen molar-refractivity contribution < 1.29 is 13.5 Å². The topological polar surface area (TPSA) is 50.8 Å². The minimum absolute atomic E-state index is 0.184. The second kappa shape index (κ2) is 5.68. The van der Waals surface area contributed by atoms with Gasteiger partial charge in [0.15, 0.2) is 11.6 Å². The zero-order valence-corrected chi connectivity index (χ0v) is 13.3. The molecule has 0 saturated heterocycles. The van der Waals surface area contributed by atoms with Crippen molar-refractivity contribution in [3.8, 4) is 27.6 Å². The lowest BCUT2D eigenvalue weighted by atomic mass is 10.1. The molecule has 4 aromatic rings. The Bertz CT molecular complexity index is 1020. The van der Waals surface area contributed by atoms with Crippen LogP contribution in [-0.4, -0.2) is 22.3 Å². The van der Waals surface area contributed by atoms with Gasteiger partial charge >= 0.3 is 0 Å². The quantitative estimate of drug-likeness (QED) is 0.589. The summed E-state index contributed by atoms with van der Waals surface area (Å²) < 4.78 is 32.8. The first-order valence-electron chi connectivity index (χ1n) is 7.10. The summed E-state index contributed by atoms with van der Waals surface area (Å²) in [5.41, 5.74) is 2.78. The second-order valence-corrected chi connectivity index (χ2v) is 6.16. The van der Waals surface area contributed by atoms with E-state index in [9.17, 15) is 8.78 Å². The Morgan fingerprint density at radius 2 is 1.92 bits per heavy atom. The number of rotatable bonds is 3. The molecule has 4 rings (SSSR count). The van der Waals surface area contributed by atoms with Gasteiger partial charge in [-0.15, -0.1) is 11.3 Å². The van der Waals surface area contributed by atoms with Crippen LogP contribution in [-0.2, 0) is 0 Å². The summed E-state index contributed by atoms with van der Waals surface area (Å²) in [5, 5.41) is 7.75. The van der Waals surface area contributed by atoms with Gasteiger partial charge < -0.3 is 4.74 Å². The fraction of sp³-hybridized carbons (Fsp3) is 0.0588. The third kappa shape index (κ3) is 2.43. The summed E-state index contributed by atoms with van der Waals surface area (Å²) >= 11 is 1.41. The maximum atomic E-state index is 13.8. The van der Waals surface area contributed by atoms with Crippen molar-refractivity contribution >= 4 is 21.6 Å². The van der Waals surface area contributed by atoms with E-state index >= 15 is 0 Å². The van der Waals surface area contributed by atoms with Gasteiger partial charge in [-0.05, 0) is 24.3 Å². The molecule has 24 heavy (non-hydrogen) atoms. The Hall–Kier alpha value is -2.80. The SMILES string of the molecule is COc1cc2sc(-c3c[nH]nc3-c3ccc(F)cc3)nc2cc1F. The summed E-state index contributed by atoms with van der Waals surface area (Å²) in [6.45, 7) is 0. The highest BCUT2D eigenvalue weighted by atomic mass is 32.1. The highest BCUT2D eigenvalue weighted by molar-refractivity contribution is 7.21. The van der Waals surface area contributed by atoms with Gasteiger partial charge in [0.2, 0.25) is 0 Å². The van der Waals surface area contributed by atoms with Crippen LogP contribution in [0.4, 0.5) is 8.78 Å². The zero-order chi connectivity index (χ0) is 16.7. The second-order valence-electron chi connectivity index (χ2n) is 5.13. The van der Waals surface area contributed by atoms with Crippen LogP contribution in [0.5, 0.6) is 5.75 Å². The molecule has 0 aliphatic carbocycles. The molecule has 4 nitrogen and oxygen atoms in total. The molecular weight excluding hydrogens is 332 g/mol. The minimum atomic E-state index is -0.451. The molecule has 0 amide bonds. The molecule has 0 radical (unpaired) electrons. The molecule has 7 heteroatoms. The molecule has 0 unspecified atom stereocenters. The standard InChI is InChI=1S/C17H11F2N3OS/c1-23-14-7-15-13(6-12(14)19)21-17(24-15)11-8-20-22-16(11)9-2-4-10(18)5-3-9/h2-8H,1H3,(H,20,22). The monoisotopic (exact) mass is 343 g/mol. The zero-order valence-electron chi connectivity index (χ0n) is 12.5. The average molecular weight is 343 g/mol. The van der Waals surface area contributed by atoms with Crippen molar-refractivity contribution in [1.29, 1.82) is 0 Å². The number of aromatic amines is 1. The molecule has 0 atom stereocenters. The molecule has 2 aromatic heterocycles. The van der Waals surface area contributed by atoms with Gasteiger partial charge in [0.1, 0.15) is 16.5 Å². The largest absolute Gasteiger partial charge is 0.494 e. The number of H-pyrrole nitrogens is 1. The van der Waals surface area contributed by atoms with Crippen LogP contribution in [0.1, 0.15) is 0 Å². The van der Waals surface area contributed by atoms with Crippen molar-refractivity contribution in [1.82, 2.24) is 15.2 Å². The van der Waals surface area contributed by atoms with E-state index in [0.717, 1.165) is 15.8 Å². The number of halogens is 2.